The number of halogens is 4. The molecule has 4 heteroatoms. The maximum atomic E-state index is 14.4. The van der Waals surface area contributed by atoms with Crippen LogP contribution in [-0.4, -0.2) is 6.17 Å². The van der Waals surface area contributed by atoms with Gasteiger partial charge in [-0.3, -0.25) is 0 Å². The van der Waals surface area contributed by atoms with Crippen molar-refractivity contribution in [1.82, 2.24) is 0 Å². The molecule has 0 saturated heterocycles. The molecular formula is C16H18F4. The van der Waals surface area contributed by atoms with E-state index in [1.165, 1.54) is 12.1 Å². The highest BCUT2D eigenvalue weighted by Crippen LogP contribution is 2.35. The van der Waals surface area contributed by atoms with Gasteiger partial charge in [-0.1, -0.05) is 38.0 Å². The second kappa shape index (κ2) is 5.98. The number of hydrogen-bond donors (Lipinski definition) is 0. The summed E-state index contributed by atoms with van der Waals surface area (Å²) >= 11 is 0. The van der Waals surface area contributed by atoms with Gasteiger partial charge in [-0.15, -0.1) is 0 Å². The summed E-state index contributed by atoms with van der Waals surface area (Å²) in [5, 5.41) is 0. The standard InChI is InChI=1S/C16H18F4/c1-11(15(17)13-5-3-2-4-6-13)12-7-9-14(10-8-12)16(18,19)20/h7-10,13,15H,1-6H2. The van der Waals surface area contributed by atoms with Crippen molar-refractivity contribution in [3.8, 4) is 0 Å². The summed E-state index contributed by atoms with van der Waals surface area (Å²) in [6.07, 6.45) is -0.681. The Labute approximate surface area is 116 Å². The highest BCUT2D eigenvalue weighted by atomic mass is 19.4. The van der Waals surface area contributed by atoms with E-state index in [2.05, 4.69) is 6.58 Å². The quantitative estimate of drug-likeness (QED) is 0.631. The number of benzene rings is 1. The number of alkyl halides is 4. The molecule has 2 rings (SSSR count). The number of hydrogen-bond acceptors (Lipinski definition) is 0. The predicted octanol–water partition coefficient (Wildman–Crippen LogP) is 5.64. The van der Waals surface area contributed by atoms with Gasteiger partial charge in [0, 0.05) is 0 Å². The Morgan fingerprint density at radius 2 is 1.60 bits per heavy atom. The number of allylic oxidation sites excluding steroid dienone is 1. The summed E-state index contributed by atoms with van der Waals surface area (Å²) in [5.74, 6) is -0.0430. The Morgan fingerprint density at radius 1 is 1.05 bits per heavy atom. The fourth-order valence-corrected chi connectivity index (χ4v) is 2.74. The first kappa shape index (κ1) is 15.1. The van der Waals surface area contributed by atoms with Crippen molar-refractivity contribution in [3.63, 3.8) is 0 Å². The molecule has 1 atom stereocenters. The molecule has 110 valence electrons. The fourth-order valence-electron chi connectivity index (χ4n) is 2.74. The van der Waals surface area contributed by atoms with Crippen molar-refractivity contribution in [2.75, 3.05) is 0 Å². The van der Waals surface area contributed by atoms with E-state index in [4.69, 9.17) is 0 Å². The Hall–Kier alpha value is -1.32. The van der Waals surface area contributed by atoms with Gasteiger partial charge in [0.1, 0.15) is 6.17 Å². The van der Waals surface area contributed by atoms with Gasteiger partial charge in [0.2, 0.25) is 0 Å². The van der Waals surface area contributed by atoms with Crippen LogP contribution in [0.4, 0.5) is 17.6 Å². The fraction of sp³-hybridized carbons (Fsp3) is 0.500. The zero-order valence-electron chi connectivity index (χ0n) is 11.2. The summed E-state index contributed by atoms with van der Waals surface area (Å²) in [6, 6.07) is 4.57. The van der Waals surface area contributed by atoms with Crippen molar-refractivity contribution in [2.24, 2.45) is 5.92 Å². The van der Waals surface area contributed by atoms with Crippen molar-refractivity contribution in [2.45, 2.75) is 44.5 Å². The van der Waals surface area contributed by atoms with Crippen LogP contribution >= 0.6 is 0 Å². The molecule has 1 aliphatic rings. The highest BCUT2D eigenvalue weighted by Gasteiger charge is 2.31. The second-order valence-electron chi connectivity index (χ2n) is 5.40. The Bertz CT molecular complexity index is 452. The molecule has 1 saturated carbocycles. The van der Waals surface area contributed by atoms with E-state index in [-0.39, 0.29) is 5.92 Å². The molecule has 1 fully saturated rings. The lowest BCUT2D eigenvalue weighted by Gasteiger charge is -2.26. The van der Waals surface area contributed by atoms with Gasteiger partial charge in [0.15, 0.2) is 0 Å². The van der Waals surface area contributed by atoms with Crippen molar-refractivity contribution < 1.29 is 17.6 Å². The third kappa shape index (κ3) is 3.41. The lowest BCUT2D eigenvalue weighted by molar-refractivity contribution is -0.137. The van der Waals surface area contributed by atoms with Crippen LogP contribution in [0.2, 0.25) is 0 Å². The molecule has 0 amide bonds. The third-order valence-electron chi connectivity index (χ3n) is 3.98. The Kier molecular flexibility index (Phi) is 4.51. The average molecular weight is 286 g/mol. The Balaban J connectivity index is 2.08. The van der Waals surface area contributed by atoms with E-state index in [0.717, 1.165) is 44.2 Å². The summed E-state index contributed by atoms with van der Waals surface area (Å²) in [5.41, 5.74) is 0.0313. The van der Waals surface area contributed by atoms with E-state index < -0.39 is 17.9 Å². The molecule has 20 heavy (non-hydrogen) atoms. The minimum atomic E-state index is -4.36. The zero-order valence-corrected chi connectivity index (χ0v) is 11.2. The first-order chi connectivity index (χ1) is 9.39. The van der Waals surface area contributed by atoms with Crippen LogP contribution in [0.15, 0.2) is 30.8 Å². The van der Waals surface area contributed by atoms with Gasteiger partial charge in [0.25, 0.3) is 0 Å². The molecular weight excluding hydrogens is 268 g/mol. The lowest BCUT2D eigenvalue weighted by atomic mass is 9.82. The minimum Gasteiger partial charge on any atom is -0.242 e. The maximum absolute atomic E-state index is 14.4. The summed E-state index contributed by atoms with van der Waals surface area (Å²) in [7, 11) is 0. The first-order valence-corrected chi connectivity index (χ1v) is 6.90. The molecule has 0 N–H and O–H groups in total. The summed E-state index contributed by atoms with van der Waals surface area (Å²) in [6.45, 7) is 3.74. The SMILES string of the molecule is C=C(c1ccc(C(F)(F)F)cc1)C(F)C1CCCCC1. The van der Waals surface area contributed by atoms with E-state index in [9.17, 15) is 17.6 Å². The topological polar surface area (TPSA) is 0 Å². The molecule has 1 aromatic carbocycles. The van der Waals surface area contributed by atoms with Crippen LogP contribution < -0.4 is 0 Å². The van der Waals surface area contributed by atoms with Crippen LogP contribution in [0, 0.1) is 5.92 Å². The van der Waals surface area contributed by atoms with Gasteiger partial charge in [0.05, 0.1) is 5.56 Å². The molecule has 1 aromatic rings. The largest absolute Gasteiger partial charge is 0.416 e. The van der Waals surface area contributed by atoms with E-state index in [0.29, 0.717) is 11.1 Å². The van der Waals surface area contributed by atoms with Crippen molar-refractivity contribution in [1.29, 1.82) is 0 Å². The third-order valence-corrected chi connectivity index (χ3v) is 3.98. The van der Waals surface area contributed by atoms with Gasteiger partial charge >= 0.3 is 6.18 Å². The van der Waals surface area contributed by atoms with Gasteiger partial charge in [-0.05, 0) is 42.0 Å². The number of rotatable bonds is 3. The normalized spacial score (nSPS) is 18.8. The molecule has 1 unspecified atom stereocenters. The zero-order chi connectivity index (χ0) is 14.8. The molecule has 0 nitrogen and oxygen atoms in total. The van der Waals surface area contributed by atoms with Crippen LogP contribution in [0.25, 0.3) is 5.57 Å². The summed E-state index contributed by atoms with van der Waals surface area (Å²) < 4.78 is 51.8. The molecule has 0 bridgehead atoms. The van der Waals surface area contributed by atoms with Crippen LogP contribution in [0.1, 0.15) is 43.2 Å². The smallest absolute Gasteiger partial charge is 0.242 e. The lowest BCUT2D eigenvalue weighted by Crippen LogP contribution is -2.20. The molecule has 1 aliphatic carbocycles. The van der Waals surface area contributed by atoms with Crippen LogP contribution in [-0.2, 0) is 6.18 Å². The maximum Gasteiger partial charge on any atom is 0.416 e. The Morgan fingerprint density at radius 3 is 2.10 bits per heavy atom. The first-order valence-electron chi connectivity index (χ1n) is 6.90. The van der Waals surface area contributed by atoms with E-state index in [1.807, 2.05) is 0 Å². The molecule has 0 aromatic heterocycles. The van der Waals surface area contributed by atoms with Gasteiger partial charge in [-0.2, -0.15) is 13.2 Å². The minimum absolute atomic E-state index is 0.0430. The molecule has 0 heterocycles. The second-order valence-corrected chi connectivity index (χ2v) is 5.40. The molecule has 0 aliphatic heterocycles. The van der Waals surface area contributed by atoms with Gasteiger partial charge in [-0.25, -0.2) is 4.39 Å². The van der Waals surface area contributed by atoms with Crippen molar-refractivity contribution in [3.05, 3.63) is 42.0 Å². The van der Waals surface area contributed by atoms with Crippen LogP contribution in [0.5, 0.6) is 0 Å². The monoisotopic (exact) mass is 286 g/mol. The molecule has 0 spiro atoms. The highest BCUT2D eigenvalue weighted by molar-refractivity contribution is 5.67. The van der Waals surface area contributed by atoms with E-state index in [1.54, 1.807) is 0 Å². The van der Waals surface area contributed by atoms with Crippen LogP contribution in [0.3, 0.4) is 0 Å². The molecule has 0 radical (unpaired) electrons. The average Bonchev–Trinajstić information content (AvgIpc) is 2.46. The van der Waals surface area contributed by atoms with Gasteiger partial charge < -0.3 is 0 Å². The van der Waals surface area contributed by atoms with E-state index >= 15 is 0 Å². The van der Waals surface area contributed by atoms with Crippen molar-refractivity contribution >= 4 is 5.57 Å². The summed E-state index contributed by atoms with van der Waals surface area (Å²) in [4.78, 5) is 0. The predicted molar refractivity (Wildman–Crippen MR) is 71.9 cm³/mol.